The molecule has 0 saturated heterocycles. The van der Waals surface area contributed by atoms with E-state index in [0.29, 0.717) is 44.5 Å². The van der Waals surface area contributed by atoms with Crippen molar-refractivity contribution in [2.75, 3.05) is 0 Å². The minimum absolute atomic E-state index is 0.0284. The van der Waals surface area contributed by atoms with Gasteiger partial charge in [0.25, 0.3) is 0 Å². The van der Waals surface area contributed by atoms with Gasteiger partial charge >= 0.3 is 5.97 Å². The summed E-state index contributed by atoms with van der Waals surface area (Å²) in [5.41, 5.74) is 2.18. The second-order valence-corrected chi connectivity index (χ2v) is 12.9. The number of carboxylic acids is 1. The third kappa shape index (κ3) is 5.05. The summed E-state index contributed by atoms with van der Waals surface area (Å²) in [5, 5.41) is 16.9. The maximum Gasteiger partial charge on any atom is 0.354 e. The largest absolute Gasteiger partial charge is 0.477 e. The highest BCUT2D eigenvalue weighted by Gasteiger charge is 2.49. The third-order valence-electron chi connectivity index (χ3n) is 9.02. The Bertz CT molecular complexity index is 1760. The van der Waals surface area contributed by atoms with Crippen molar-refractivity contribution in [2.45, 2.75) is 69.5 Å². The lowest BCUT2D eigenvalue weighted by atomic mass is 9.59. The Morgan fingerprint density at radius 3 is 2.43 bits per heavy atom. The predicted octanol–water partition coefficient (Wildman–Crippen LogP) is 8.48. The van der Waals surface area contributed by atoms with Gasteiger partial charge in [-0.05, 0) is 80.9 Å². The molecule has 1 aromatic carbocycles. The molecule has 214 valence electrons. The molecule has 42 heavy (non-hydrogen) atoms. The lowest BCUT2D eigenvalue weighted by molar-refractivity contribution is -0.131. The summed E-state index contributed by atoms with van der Waals surface area (Å²) >= 11 is 19.2. The highest BCUT2D eigenvalue weighted by Crippen LogP contribution is 2.54. The summed E-state index contributed by atoms with van der Waals surface area (Å²) in [7, 11) is 0. The van der Waals surface area contributed by atoms with Crippen LogP contribution in [-0.2, 0) is 11.3 Å². The number of pyridine rings is 2. The fraction of sp³-hybridized carbons (Fsp3) is 0.375. The Labute approximate surface area is 257 Å². The minimum atomic E-state index is -1.08. The van der Waals surface area contributed by atoms with Crippen LogP contribution < -0.4 is 0 Å². The van der Waals surface area contributed by atoms with Crippen LogP contribution in [0.15, 0.2) is 41.2 Å². The molecule has 0 atom stereocenters. The van der Waals surface area contributed by atoms with Crippen molar-refractivity contribution >= 4 is 51.5 Å². The van der Waals surface area contributed by atoms with E-state index in [1.807, 2.05) is 0 Å². The van der Waals surface area contributed by atoms with Crippen molar-refractivity contribution < 1.29 is 19.2 Å². The zero-order valence-corrected chi connectivity index (χ0v) is 24.8. The van der Waals surface area contributed by atoms with Gasteiger partial charge in [-0.3, -0.25) is 4.98 Å². The first-order chi connectivity index (χ1) is 20.2. The lowest BCUT2D eigenvalue weighted by Gasteiger charge is -2.51. The van der Waals surface area contributed by atoms with Crippen LogP contribution in [-0.4, -0.2) is 31.8 Å². The Balaban J connectivity index is 1.12. The Morgan fingerprint density at radius 2 is 1.76 bits per heavy atom. The molecule has 4 aliphatic rings. The lowest BCUT2D eigenvalue weighted by Crippen LogP contribution is -2.47. The summed E-state index contributed by atoms with van der Waals surface area (Å²) in [6, 6.07) is 6.88. The van der Waals surface area contributed by atoms with E-state index < -0.39 is 5.97 Å². The van der Waals surface area contributed by atoms with Gasteiger partial charge in [-0.15, -0.1) is 0 Å². The van der Waals surface area contributed by atoms with Crippen molar-refractivity contribution in [2.24, 2.45) is 5.41 Å². The number of ether oxygens (including phenoxy) is 1. The van der Waals surface area contributed by atoms with Gasteiger partial charge < -0.3 is 14.4 Å². The van der Waals surface area contributed by atoms with E-state index in [1.165, 1.54) is 0 Å². The van der Waals surface area contributed by atoms with E-state index in [2.05, 4.69) is 27.0 Å². The number of aromatic carboxylic acids is 1. The second kappa shape index (κ2) is 10.5. The van der Waals surface area contributed by atoms with Crippen LogP contribution in [0.1, 0.15) is 84.8 Å². The first-order valence-electron chi connectivity index (χ1n) is 14.0. The number of carbonyl (C=O) groups is 1. The summed E-state index contributed by atoms with van der Waals surface area (Å²) < 4.78 is 12.6. The highest BCUT2D eigenvalue weighted by molar-refractivity contribution is 6.38. The SMILES string of the molecule is O=C(O)c1cc2ccc(Cl)cc2c(C#CC23CCC(OCc4c(-c5c(Cl)cncc5Cl)noc4C4CC4)(CC2)CC3)n1. The fourth-order valence-corrected chi connectivity index (χ4v) is 7.07. The number of hydrogen-bond donors (Lipinski definition) is 1. The molecule has 3 aromatic heterocycles. The van der Waals surface area contributed by atoms with Crippen molar-refractivity contribution in [3.63, 3.8) is 0 Å². The van der Waals surface area contributed by atoms with E-state index in [1.54, 1.807) is 36.7 Å². The number of fused-ring (bicyclic) bond motifs is 4. The summed E-state index contributed by atoms with van der Waals surface area (Å²) in [4.78, 5) is 20.1. The average molecular weight is 623 g/mol. The number of rotatable bonds is 6. The van der Waals surface area contributed by atoms with E-state index in [-0.39, 0.29) is 16.7 Å². The van der Waals surface area contributed by atoms with E-state index >= 15 is 0 Å². The molecule has 1 N–H and O–H groups in total. The number of halogens is 3. The number of hydrogen-bond acceptors (Lipinski definition) is 6. The summed E-state index contributed by atoms with van der Waals surface area (Å²) in [6.45, 7) is 0.372. The first kappa shape index (κ1) is 27.7. The smallest absolute Gasteiger partial charge is 0.354 e. The van der Waals surface area contributed by atoms with Gasteiger partial charge in [0.2, 0.25) is 0 Å². The Hall–Kier alpha value is -3.15. The van der Waals surface area contributed by atoms with Gasteiger partial charge in [-0.1, -0.05) is 51.9 Å². The monoisotopic (exact) mass is 621 g/mol. The van der Waals surface area contributed by atoms with E-state index in [4.69, 9.17) is 44.1 Å². The van der Waals surface area contributed by atoms with Gasteiger partial charge in [0.05, 0.1) is 22.3 Å². The summed E-state index contributed by atoms with van der Waals surface area (Å²) in [5.74, 6) is 6.89. The molecule has 4 fully saturated rings. The molecule has 8 rings (SSSR count). The highest BCUT2D eigenvalue weighted by atomic mass is 35.5. The number of benzene rings is 1. The Morgan fingerprint density at radius 1 is 1.05 bits per heavy atom. The molecule has 10 heteroatoms. The van der Waals surface area contributed by atoms with Gasteiger partial charge in [0, 0.05) is 45.3 Å². The average Bonchev–Trinajstić information content (AvgIpc) is 3.75. The maximum atomic E-state index is 11.7. The van der Waals surface area contributed by atoms with Crippen LogP contribution in [0, 0.1) is 17.3 Å². The van der Waals surface area contributed by atoms with Crippen LogP contribution in [0.3, 0.4) is 0 Å². The van der Waals surface area contributed by atoms with Gasteiger partial charge in [-0.2, -0.15) is 0 Å². The molecule has 0 unspecified atom stereocenters. The fourth-order valence-electron chi connectivity index (χ4n) is 6.36. The molecular weight excluding hydrogens is 597 g/mol. The molecule has 0 radical (unpaired) electrons. The van der Waals surface area contributed by atoms with Crippen LogP contribution in [0.2, 0.25) is 15.1 Å². The van der Waals surface area contributed by atoms with Crippen LogP contribution >= 0.6 is 34.8 Å². The van der Waals surface area contributed by atoms with Crippen LogP contribution in [0.5, 0.6) is 0 Å². The molecular formula is C32H26Cl3N3O4. The molecule has 4 aliphatic carbocycles. The van der Waals surface area contributed by atoms with Gasteiger partial charge in [-0.25, -0.2) is 9.78 Å². The predicted molar refractivity (Wildman–Crippen MR) is 160 cm³/mol. The standard InChI is InChI=1S/C32H26Cl3N3O4/c33-20-4-3-19-13-26(30(39)40)37-25(21(19)14-20)5-6-31-7-10-32(11-8-31,12-9-31)41-17-22-28(38-42-29(22)18-1-2-18)27-23(34)15-36-16-24(27)35/h3-4,13-16,18H,1-2,7-12,17H2,(H,39,40). The molecule has 0 spiro atoms. The normalized spacial score (nSPS) is 23.1. The number of carboxylic acid groups (broad SMARTS) is 1. The maximum absolute atomic E-state index is 11.7. The minimum Gasteiger partial charge on any atom is -0.477 e. The Kier molecular flexibility index (Phi) is 6.94. The zero-order chi connectivity index (χ0) is 29.1. The van der Waals surface area contributed by atoms with Crippen LogP contribution in [0.25, 0.3) is 22.0 Å². The number of aromatic nitrogens is 3. The molecule has 3 heterocycles. The second-order valence-electron chi connectivity index (χ2n) is 11.7. The van der Waals surface area contributed by atoms with Gasteiger partial charge in [0.15, 0.2) is 0 Å². The van der Waals surface area contributed by atoms with E-state index in [0.717, 1.165) is 73.5 Å². The van der Waals surface area contributed by atoms with Gasteiger partial charge in [0.1, 0.15) is 22.8 Å². The molecule has 0 amide bonds. The number of nitrogens with zero attached hydrogens (tertiary/aromatic N) is 3. The topological polar surface area (TPSA) is 98.3 Å². The van der Waals surface area contributed by atoms with Crippen LogP contribution in [0.4, 0.5) is 0 Å². The van der Waals surface area contributed by atoms with Crippen molar-refractivity contribution in [3.8, 4) is 23.1 Å². The quantitative estimate of drug-likeness (QED) is 0.215. The molecule has 7 nitrogen and oxygen atoms in total. The third-order valence-corrected chi connectivity index (χ3v) is 9.83. The van der Waals surface area contributed by atoms with Crippen molar-refractivity contribution in [1.29, 1.82) is 0 Å². The molecule has 2 bridgehead atoms. The first-order valence-corrected chi connectivity index (χ1v) is 15.2. The van der Waals surface area contributed by atoms with Crippen molar-refractivity contribution in [3.05, 3.63) is 74.4 Å². The zero-order valence-electron chi connectivity index (χ0n) is 22.6. The molecule has 0 aliphatic heterocycles. The van der Waals surface area contributed by atoms with E-state index in [9.17, 15) is 9.90 Å². The van der Waals surface area contributed by atoms with Crippen molar-refractivity contribution in [1.82, 2.24) is 15.1 Å². The molecule has 4 aromatic rings. The molecule has 4 saturated carbocycles. The summed E-state index contributed by atoms with van der Waals surface area (Å²) in [6.07, 6.45) is 10.6.